The van der Waals surface area contributed by atoms with Gasteiger partial charge in [0.25, 0.3) is 0 Å². The number of carboxylic acid groups (broad SMARTS) is 1. The van der Waals surface area contributed by atoms with Gasteiger partial charge in [-0.2, -0.15) is 0 Å². The topological polar surface area (TPSA) is 284 Å². The average molecular weight is 1050 g/mol. The summed E-state index contributed by atoms with van der Waals surface area (Å²) < 4.78 is 0. The van der Waals surface area contributed by atoms with Crippen LogP contribution in [0.15, 0.2) is 36.4 Å². The number of aliphatic hydroxyl groups excluding tert-OH is 1. The predicted molar refractivity (Wildman–Crippen MR) is 282 cm³/mol. The number of unbranched alkanes of at least 4 members (excludes halogenated alkanes) is 12. The van der Waals surface area contributed by atoms with E-state index in [2.05, 4.69) is 33.5 Å². The van der Waals surface area contributed by atoms with Crippen molar-refractivity contribution >= 4 is 53.2 Å². The lowest BCUT2D eigenvalue weighted by molar-refractivity contribution is -0.149. The SMILES string of the molecule is CCCCCCCCCCCCCCCC(=O)N(C)[C@H](CO)C(=O)N[C@H](C)C(=O)NCC(=O)N(C)[C@@H]1C(=O)N[C@@H](C)C(=O)N[C@H](C(=O)N[C@@H](C)C(=O)N2CCCC2C(=O)O)Cc2ccc(O)c(c2)-c2cc1ccc2C. The van der Waals surface area contributed by atoms with Crippen LogP contribution in [0.5, 0.6) is 5.75 Å². The lowest BCUT2D eigenvalue weighted by atomic mass is 9.91. The van der Waals surface area contributed by atoms with E-state index in [1.807, 2.05) is 0 Å². The Hall–Kier alpha value is -6.57. The number of likely N-dealkylation sites (N-methyl/N-ethyl adjacent to an activating group) is 2. The highest BCUT2D eigenvalue weighted by atomic mass is 16.4. The number of likely N-dealkylation sites (tertiary alicyclic amines) is 1. The first-order valence-corrected chi connectivity index (χ1v) is 26.8. The van der Waals surface area contributed by atoms with Gasteiger partial charge in [0.05, 0.1) is 13.2 Å². The highest BCUT2D eigenvalue weighted by Crippen LogP contribution is 2.36. The van der Waals surface area contributed by atoms with E-state index in [9.17, 15) is 58.5 Å². The summed E-state index contributed by atoms with van der Waals surface area (Å²) in [7, 11) is 2.75. The van der Waals surface area contributed by atoms with Crippen LogP contribution in [0.25, 0.3) is 11.1 Å². The minimum atomic E-state index is -1.42. The number of fused-ring (bicyclic) bond motifs is 5. The van der Waals surface area contributed by atoms with Crippen molar-refractivity contribution in [3.63, 3.8) is 0 Å². The molecule has 20 nitrogen and oxygen atoms in total. The van der Waals surface area contributed by atoms with Crippen LogP contribution in [-0.4, -0.2) is 153 Å². The summed E-state index contributed by atoms with van der Waals surface area (Å²) in [5.74, 6) is -6.88. The van der Waals surface area contributed by atoms with E-state index in [1.165, 1.54) is 109 Å². The van der Waals surface area contributed by atoms with Crippen molar-refractivity contribution in [2.45, 2.75) is 186 Å². The Labute approximate surface area is 441 Å². The number of carboxylic acids is 1. The molecule has 0 aliphatic carbocycles. The van der Waals surface area contributed by atoms with Gasteiger partial charge in [-0.25, -0.2) is 4.79 Å². The molecule has 2 heterocycles. The minimum absolute atomic E-state index is 0.112. The Morgan fingerprint density at radius 3 is 2.01 bits per heavy atom. The molecule has 414 valence electrons. The summed E-state index contributed by atoms with van der Waals surface area (Å²) in [6, 6.07) is 0.847. The van der Waals surface area contributed by atoms with Crippen molar-refractivity contribution in [2.75, 3.05) is 33.8 Å². The largest absolute Gasteiger partial charge is 0.507 e. The summed E-state index contributed by atoms with van der Waals surface area (Å²) in [4.78, 5) is 124. The van der Waals surface area contributed by atoms with E-state index < -0.39 is 103 Å². The number of phenols is 1. The van der Waals surface area contributed by atoms with Gasteiger partial charge in [-0.1, -0.05) is 102 Å². The standard InChI is InChI=1S/C55H82N8O12/c1-8-9-10-11-12-13-14-15-16-17-18-19-20-23-46(66)61(6)44(33-64)52(71)57-35(3)49(68)56-32-47(67)62(7)48-39-26-24-34(2)40(31-39)41-29-38(25-27-45(41)65)30-42(60-50(69)36(4)58-53(48)72)51(70)59-37(5)54(73)63-28-21-22-43(63)55(74)75/h24-27,29,31,35-37,42-44,48,64-65H,8-23,28,30,32-33H2,1-7H3,(H,56,68)(H,57,71)(H,58,72)(H,59,70)(H,60,69)(H,74,75)/t35-,36+,37+,42+,43?,44-,48+/m1/s1. The third kappa shape index (κ3) is 17.8. The minimum Gasteiger partial charge on any atom is -0.507 e. The molecule has 8 N–H and O–H groups in total. The van der Waals surface area contributed by atoms with Gasteiger partial charge in [0, 0.05) is 39.0 Å². The number of aromatic hydroxyl groups is 1. The first-order valence-electron chi connectivity index (χ1n) is 26.8. The summed E-state index contributed by atoms with van der Waals surface area (Å²) in [6.07, 6.45) is 15.9. The summed E-state index contributed by atoms with van der Waals surface area (Å²) in [5, 5.41) is 43.8. The fourth-order valence-corrected chi connectivity index (χ4v) is 9.57. The Morgan fingerprint density at radius 2 is 1.40 bits per heavy atom. The molecule has 0 radical (unpaired) electrons. The molecule has 75 heavy (non-hydrogen) atoms. The second kappa shape index (κ2) is 30.1. The van der Waals surface area contributed by atoms with Crippen molar-refractivity contribution in [1.29, 1.82) is 0 Å². The zero-order valence-electron chi connectivity index (χ0n) is 45.0. The molecule has 1 saturated heterocycles. The maximum Gasteiger partial charge on any atom is 0.326 e. The van der Waals surface area contributed by atoms with Gasteiger partial charge >= 0.3 is 5.97 Å². The quantitative estimate of drug-likeness (QED) is 0.0623. The molecular weight excluding hydrogens is 965 g/mol. The van der Waals surface area contributed by atoms with Gasteiger partial charge in [-0.05, 0) is 87.4 Å². The smallest absolute Gasteiger partial charge is 0.326 e. The van der Waals surface area contributed by atoms with E-state index in [0.717, 1.165) is 24.2 Å². The zero-order chi connectivity index (χ0) is 55.4. The molecule has 0 aromatic heterocycles. The predicted octanol–water partition coefficient (Wildman–Crippen LogP) is 3.91. The third-order valence-corrected chi connectivity index (χ3v) is 14.3. The molecule has 2 aliphatic heterocycles. The van der Waals surface area contributed by atoms with Gasteiger partial charge < -0.3 is 56.6 Å². The number of nitrogens with one attached hydrogen (secondary N) is 5. The van der Waals surface area contributed by atoms with Crippen molar-refractivity contribution in [1.82, 2.24) is 41.3 Å². The van der Waals surface area contributed by atoms with E-state index in [-0.39, 0.29) is 43.0 Å². The molecule has 4 rings (SSSR count). The maximum atomic E-state index is 14.3. The molecule has 8 amide bonds. The van der Waals surface area contributed by atoms with Crippen LogP contribution in [-0.2, 0) is 49.6 Å². The average Bonchev–Trinajstić information content (AvgIpc) is 3.88. The molecular formula is C55H82N8O12. The van der Waals surface area contributed by atoms with Crippen LogP contribution in [0.2, 0.25) is 0 Å². The number of aryl methyl sites for hydroxylation is 1. The Balaban J connectivity index is 1.39. The van der Waals surface area contributed by atoms with E-state index in [0.29, 0.717) is 35.1 Å². The monoisotopic (exact) mass is 1050 g/mol. The number of benzene rings is 2. The molecule has 0 spiro atoms. The van der Waals surface area contributed by atoms with Crippen LogP contribution in [0.3, 0.4) is 0 Å². The Bertz CT molecular complexity index is 2330. The van der Waals surface area contributed by atoms with Crippen molar-refractivity contribution < 1.29 is 58.5 Å². The van der Waals surface area contributed by atoms with Gasteiger partial charge in [-0.15, -0.1) is 0 Å². The number of rotatable bonds is 26. The van der Waals surface area contributed by atoms with Crippen molar-refractivity contribution in [2.24, 2.45) is 0 Å². The molecule has 7 atom stereocenters. The van der Waals surface area contributed by atoms with Crippen LogP contribution < -0.4 is 26.6 Å². The van der Waals surface area contributed by atoms with E-state index >= 15 is 0 Å². The molecule has 4 bridgehead atoms. The van der Waals surface area contributed by atoms with Gasteiger partial charge in [0.1, 0.15) is 48.0 Å². The molecule has 1 unspecified atom stereocenters. The second-order valence-electron chi connectivity index (χ2n) is 20.2. The zero-order valence-corrected chi connectivity index (χ0v) is 45.0. The van der Waals surface area contributed by atoms with Crippen molar-refractivity contribution in [3.8, 4) is 16.9 Å². The van der Waals surface area contributed by atoms with Gasteiger partial charge in [0.2, 0.25) is 47.3 Å². The van der Waals surface area contributed by atoms with Crippen LogP contribution in [0.1, 0.15) is 153 Å². The fourth-order valence-electron chi connectivity index (χ4n) is 9.57. The molecule has 20 heteroatoms. The number of amides is 8. The molecule has 2 aliphatic rings. The highest BCUT2D eigenvalue weighted by Gasteiger charge is 2.38. The Kier molecular flexibility index (Phi) is 24.5. The number of hydrogen-bond acceptors (Lipinski definition) is 11. The maximum absolute atomic E-state index is 14.3. The number of hydrogen-bond donors (Lipinski definition) is 8. The van der Waals surface area contributed by atoms with Crippen LogP contribution in [0, 0.1) is 6.92 Å². The molecule has 0 saturated carbocycles. The lowest BCUT2D eigenvalue weighted by Crippen LogP contribution is -2.58. The number of nitrogens with zero attached hydrogens (tertiary/aromatic N) is 3. The molecule has 1 fully saturated rings. The van der Waals surface area contributed by atoms with Gasteiger partial charge in [0.15, 0.2) is 0 Å². The number of aliphatic carboxylic acids is 1. The normalized spacial score (nSPS) is 18.8. The summed E-state index contributed by atoms with van der Waals surface area (Å²) >= 11 is 0. The Morgan fingerprint density at radius 1 is 0.773 bits per heavy atom. The van der Waals surface area contributed by atoms with Crippen molar-refractivity contribution in [3.05, 3.63) is 53.1 Å². The summed E-state index contributed by atoms with van der Waals surface area (Å²) in [6.45, 7) is 7.05. The summed E-state index contributed by atoms with van der Waals surface area (Å²) in [5.41, 5.74) is 2.25. The number of phenolic OH excluding ortho intramolecular Hbond substituents is 1. The first-order chi connectivity index (χ1) is 35.7. The van der Waals surface area contributed by atoms with Gasteiger partial charge in [-0.3, -0.25) is 38.4 Å². The molecule has 2 aromatic rings. The van der Waals surface area contributed by atoms with Crippen LogP contribution in [0.4, 0.5) is 0 Å². The number of aliphatic hydroxyl groups is 1. The second-order valence-corrected chi connectivity index (χ2v) is 20.2. The number of carbonyl (C=O) groups excluding carboxylic acids is 8. The third-order valence-electron chi connectivity index (χ3n) is 14.3. The highest BCUT2D eigenvalue weighted by molar-refractivity contribution is 5.98. The first kappa shape index (κ1) is 61.0. The van der Waals surface area contributed by atoms with Crippen LogP contribution >= 0.6 is 0 Å². The number of carbonyl (C=O) groups is 9. The lowest BCUT2D eigenvalue weighted by Gasteiger charge is -2.30. The van der Waals surface area contributed by atoms with E-state index in [4.69, 9.17) is 0 Å². The molecule has 2 aromatic carbocycles. The fraction of sp³-hybridized carbons (Fsp3) is 0.618. The van der Waals surface area contributed by atoms with E-state index in [1.54, 1.807) is 37.3 Å².